The van der Waals surface area contributed by atoms with Crippen molar-refractivity contribution in [2.45, 2.75) is 44.9 Å². The number of aliphatic hydroxyl groups excluding tert-OH is 1. The largest absolute Gasteiger partial charge is 0.444 e. The van der Waals surface area contributed by atoms with Crippen LogP contribution >= 0.6 is 0 Å². The number of benzene rings is 1. The van der Waals surface area contributed by atoms with Gasteiger partial charge in [-0.2, -0.15) is 5.26 Å². The first-order chi connectivity index (χ1) is 9.73. The number of alkyl carbamates (subject to hydrolysis) is 1. The summed E-state index contributed by atoms with van der Waals surface area (Å²) in [6, 6.07) is 6.66. The molecular formula is C15H19FN2O3. The summed E-state index contributed by atoms with van der Waals surface area (Å²) in [5.41, 5.74) is -0.405. The minimum Gasteiger partial charge on any atom is -0.444 e. The number of carbonyl (C=O) groups excluding carboxylic acids is 1. The topological polar surface area (TPSA) is 82.3 Å². The number of nitrogens with zero attached hydrogens (tertiary/aromatic N) is 1. The van der Waals surface area contributed by atoms with Gasteiger partial charge < -0.3 is 15.2 Å². The first-order valence-electron chi connectivity index (χ1n) is 6.53. The van der Waals surface area contributed by atoms with E-state index in [9.17, 15) is 14.3 Å². The van der Waals surface area contributed by atoms with Gasteiger partial charge in [-0.05, 0) is 38.8 Å². The number of halogens is 1. The predicted molar refractivity (Wildman–Crippen MR) is 74.9 cm³/mol. The Hall–Kier alpha value is -2.13. The van der Waals surface area contributed by atoms with E-state index in [4.69, 9.17) is 10.00 Å². The standard InChI is InChI=1S/C15H19FN2O3/c1-15(2,3)21-14(20)18-12(13(19)9-17)8-10-6-4-5-7-11(10)16/h4-7,12-13,19H,8H2,1-3H3,(H,18,20). The molecule has 0 aliphatic heterocycles. The Bertz CT molecular complexity index is 534. The maximum atomic E-state index is 13.6. The number of amides is 1. The summed E-state index contributed by atoms with van der Waals surface area (Å²) in [5, 5.41) is 20.9. The van der Waals surface area contributed by atoms with Crippen LogP contribution in [-0.2, 0) is 11.2 Å². The smallest absolute Gasteiger partial charge is 0.408 e. The minimum atomic E-state index is -1.46. The fourth-order valence-corrected chi connectivity index (χ4v) is 1.69. The predicted octanol–water partition coefficient (Wildman–Crippen LogP) is 2.15. The number of carbonyl (C=O) groups is 1. The fourth-order valence-electron chi connectivity index (χ4n) is 1.69. The van der Waals surface area contributed by atoms with Gasteiger partial charge in [0, 0.05) is 0 Å². The van der Waals surface area contributed by atoms with Crippen LogP contribution in [0.15, 0.2) is 24.3 Å². The van der Waals surface area contributed by atoms with E-state index in [1.54, 1.807) is 32.9 Å². The van der Waals surface area contributed by atoms with Crippen LogP contribution in [0.25, 0.3) is 0 Å². The molecule has 1 rings (SSSR count). The summed E-state index contributed by atoms with van der Waals surface area (Å²) in [7, 11) is 0. The van der Waals surface area contributed by atoms with Gasteiger partial charge in [0.15, 0.2) is 6.10 Å². The highest BCUT2D eigenvalue weighted by atomic mass is 19.1. The molecule has 0 saturated carbocycles. The Morgan fingerprint density at radius 2 is 2.10 bits per heavy atom. The monoisotopic (exact) mass is 294 g/mol. The molecule has 0 aromatic heterocycles. The molecule has 0 spiro atoms. The summed E-state index contributed by atoms with van der Waals surface area (Å²) in [4.78, 5) is 11.7. The van der Waals surface area contributed by atoms with Crippen LogP contribution in [0.4, 0.5) is 9.18 Å². The molecule has 0 aliphatic rings. The van der Waals surface area contributed by atoms with Crippen molar-refractivity contribution in [1.82, 2.24) is 5.32 Å². The summed E-state index contributed by atoms with van der Waals surface area (Å²) in [5.74, 6) is -0.460. The van der Waals surface area contributed by atoms with Crippen LogP contribution in [0, 0.1) is 17.1 Å². The molecule has 0 heterocycles. The van der Waals surface area contributed by atoms with Gasteiger partial charge in [-0.15, -0.1) is 0 Å². The highest BCUT2D eigenvalue weighted by Gasteiger charge is 2.25. The third-order valence-corrected chi connectivity index (χ3v) is 2.61. The van der Waals surface area contributed by atoms with Gasteiger partial charge in [-0.3, -0.25) is 0 Å². The van der Waals surface area contributed by atoms with E-state index in [2.05, 4.69) is 5.32 Å². The van der Waals surface area contributed by atoms with E-state index < -0.39 is 29.7 Å². The van der Waals surface area contributed by atoms with Gasteiger partial charge in [0.05, 0.1) is 12.1 Å². The van der Waals surface area contributed by atoms with E-state index in [1.807, 2.05) is 0 Å². The summed E-state index contributed by atoms with van der Waals surface area (Å²) in [6.07, 6.45) is -2.24. The molecule has 0 saturated heterocycles. The second-order valence-electron chi connectivity index (χ2n) is 5.62. The number of hydrogen-bond donors (Lipinski definition) is 2. The molecule has 2 unspecified atom stereocenters. The zero-order chi connectivity index (χ0) is 16.0. The Morgan fingerprint density at radius 1 is 1.48 bits per heavy atom. The Labute approximate surface area is 123 Å². The lowest BCUT2D eigenvalue weighted by Gasteiger charge is -2.24. The summed E-state index contributed by atoms with van der Waals surface area (Å²) >= 11 is 0. The number of rotatable bonds is 4. The van der Waals surface area contributed by atoms with Gasteiger partial charge in [-0.25, -0.2) is 9.18 Å². The second-order valence-corrected chi connectivity index (χ2v) is 5.62. The van der Waals surface area contributed by atoms with E-state index in [-0.39, 0.29) is 6.42 Å². The van der Waals surface area contributed by atoms with E-state index in [0.29, 0.717) is 5.56 Å². The maximum absolute atomic E-state index is 13.6. The highest BCUT2D eigenvalue weighted by Crippen LogP contribution is 2.12. The number of nitriles is 1. The Morgan fingerprint density at radius 3 is 2.62 bits per heavy atom. The third kappa shape index (κ3) is 5.79. The fraction of sp³-hybridized carbons (Fsp3) is 0.467. The van der Waals surface area contributed by atoms with Crippen molar-refractivity contribution in [3.63, 3.8) is 0 Å². The van der Waals surface area contributed by atoms with E-state index >= 15 is 0 Å². The molecule has 0 aliphatic carbocycles. The molecule has 0 radical (unpaired) electrons. The number of aliphatic hydroxyl groups is 1. The van der Waals surface area contributed by atoms with Gasteiger partial charge >= 0.3 is 6.09 Å². The lowest BCUT2D eigenvalue weighted by molar-refractivity contribution is 0.0458. The van der Waals surface area contributed by atoms with Crippen LogP contribution in [0.5, 0.6) is 0 Å². The number of hydrogen-bond acceptors (Lipinski definition) is 4. The Balaban J connectivity index is 2.81. The molecule has 6 heteroatoms. The molecule has 1 amide bonds. The lowest BCUT2D eigenvalue weighted by atomic mass is 10.0. The first-order valence-corrected chi connectivity index (χ1v) is 6.53. The van der Waals surface area contributed by atoms with Crippen LogP contribution in [0.3, 0.4) is 0 Å². The van der Waals surface area contributed by atoms with Crippen molar-refractivity contribution >= 4 is 6.09 Å². The quantitative estimate of drug-likeness (QED) is 0.834. The highest BCUT2D eigenvalue weighted by molar-refractivity contribution is 5.68. The van der Waals surface area contributed by atoms with Crippen molar-refractivity contribution in [2.75, 3.05) is 0 Å². The maximum Gasteiger partial charge on any atom is 0.408 e. The molecule has 5 nitrogen and oxygen atoms in total. The number of nitrogens with one attached hydrogen (secondary N) is 1. The van der Waals surface area contributed by atoms with Crippen LogP contribution < -0.4 is 5.32 Å². The lowest BCUT2D eigenvalue weighted by Crippen LogP contribution is -2.46. The SMILES string of the molecule is CC(C)(C)OC(=O)NC(Cc1ccccc1F)C(O)C#N. The third-order valence-electron chi connectivity index (χ3n) is 2.61. The zero-order valence-corrected chi connectivity index (χ0v) is 12.3. The Kier molecular flexibility index (Phi) is 5.68. The van der Waals surface area contributed by atoms with E-state index in [1.165, 1.54) is 18.2 Å². The van der Waals surface area contributed by atoms with Crippen LogP contribution in [0.2, 0.25) is 0 Å². The normalized spacial score (nSPS) is 13.9. The van der Waals surface area contributed by atoms with Gasteiger partial charge in [-0.1, -0.05) is 18.2 Å². The summed E-state index contributed by atoms with van der Waals surface area (Å²) in [6.45, 7) is 5.08. The molecule has 2 atom stereocenters. The molecule has 114 valence electrons. The molecule has 1 aromatic rings. The summed E-state index contributed by atoms with van der Waals surface area (Å²) < 4.78 is 18.7. The molecule has 2 N–H and O–H groups in total. The van der Waals surface area contributed by atoms with Crippen molar-refractivity contribution in [1.29, 1.82) is 5.26 Å². The van der Waals surface area contributed by atoms with Gasteiger partial charge in [0.2, 0.25) is 0 Å². The van der Waals surface area contributed by atoms with Crippen molar-refractivity contribution in [2.24, 2.45) is 0 Å². The van der Waals surface area contributed by atoms with E-state index in [0.717, 1.165) is 0 Å². The van der Waals surface area contributed by atoms with Crippen molar-refractivity contribution in [3.8, 4) is 6.07 Å². The second kappa shape index (κ2) is 7.04. The van der Waals surface area contributed by atoms with Crippen molar-refractivity contribution < 1.29 is 19.0 Å². The molecule has 0 bridgehead atoms. The average molecular weight is 294 g/mol. The molecule has 0 fully saturated rings. The van der Waals surface area contributed by atoms with Crippen molar-refractivity contribution in [3.05, 3.63) is 35.6 Å². The van der Waals surface area contributed by atoms with Gasteiger partial charge in [0.1, 0.15) is 11.4 Å². The zero-order valence-electron chi connectivity index (χ0n) is 12.3. The number of ether oxygens (including phenoxy) is 1. The molecular weight excluding hydrogens is 275 g/mol. The average Bonchev–Trinajstić information content (AvgIpc) is 2.37. The molecule has 21 heavy (non-hydrogen) atoms. The molecule has 1 aromatic carbocycles. The van der Waals surface area contributed by atoms with Crippen LogP contribution in [-0.4, -0.2) is 28.9 Å². The van der Waals surface area contributed by atoms with Gasteiger partial charge in [0.25, 0.3) is 0 Å². The minimum absolute atomic E-state index is 0.0133. The van der Waals surface area contributed by atoms with Crippen LogP contribution in [0.1, 0.15) is 26.3 Å². The first kappa shape index (κ1) is 16.9.